The standard InChI is InChI=1S/C16H24N4O2/c1-5-7-8-9-17-13-11(6-2)10-18-14-12(13)15(21)20(4)16(22)19(14)3/h10H,5-9H2,1-4H3,(H,17,18). The Balaban J connectivity index is 2.65. The zero-order chi connectivity index (χ0) is 16.3. The van der Waals surface area contributed by atoms with Crippen molar-refractivity contribution in [3.8, 4) is 0 Å². The van der Waals surface area contributed by atoms with Gasteiger partial charge in [0, 0.05) is 26.8 Å². The van der Waals surface area contributed by atoms with Gasteiger partial charge in [-0.15, -0.1) is 0 Å². The molecule has 0 saturated carbocycles. The second-order valence-electron chi connectivity index (χ2n) is 5.55. The van der Waals surface area contributed by atoms with Crippen LogP contribution in [0.2, 0.25) is 0 Å². The molecule has 0 radical (unpaired) electrons. The fourth-order valence-electron chi connectivity index (χ4n) is 2.63. The summed E-state index contributed by atoms with van der Waals surface area (Å²) in [6.45, 7) is 5.00. The van der Waals surface area contributed by atoms with Gasteiger partial charge in [-0.1, -0.05) is 26.7 Å². The summed E-state index contributed by atoms with van der Waals surface area (Å²) in [5, 5.41) is 3.89. The molecule has 1 N–H and O–H groups in total. The van der Waals surface area contributed by atoms with E-state index in [0.717, 1.165) is 48.0 Å². The normalized spacial score (nSPS) is 11.1. The van der Waals surface area contributed by atoms with Crippen molar-refractivity contribution >= 4 is 16.7 Å². The van der Waals surface area contributed by atoms with Gasteiger partial charge in [0.15, 0.2) is 5.65 Å². The first-order valence-corrected chi connectivity index (χ1v) is 7.84. The molecule has 0 amide bonds. The minimum Gasteiger partial charge on any atom is -0.384 e. The van der Waals surface area contributed by atoms with Crippen molar-refractivity contribution < 1.29 is 0 Å². The molecular weight excluding hydrogens is 280 g/mol. The maximum Gasteiger partial charge on any atom is 0.332 e. The van der Waals surface area contributed by atoms with Crippen LogP contribution in [0.5, 0.6) is 0 Å². The summed E-state index contributed by atoms with van der Waals surface area (Å²) in [6.07, 6.45) is 5.88. The van der Waals surface area contributed by atoms with E-state index in [0.29, 0.717) is 11.0 Å². The molecule has 0 unspecified atom stereocenters. The van der Waals surface area contributed by atoms with Crippen LogP contribution in [0.3, 0.4) is 0 Å². The van der Waals surface area contributed by atoms with Gasteiger partial charge in [-0.05, 0) is 18.4 Å². The van der Waals surface area contributed by atoms with Gasteiger partial charge < -0.3 is 5.32 Å². The van der Waals surface area contributed by atoms with Crippen LogP contribution in [0.25, 0.3) is 11.0 Å². The Bertz CT molecular complexity index is 789. The molecule has 0 aliphatic heterocycles. The lowest BCUT2D eigenvalue weighted by atomic mass is 10.1. The molecule has 0 aromatic carbocycles. The minimum absolute atomic E-state index is 0.293. The fraction of sp³-hybridized carbons (Fsp3) is 0.562. The Kier molecular flexibility index (Phi) is 5.00. The first kappa shape index (κ1) is 16.3. The van der Waals surface area contributed by atoms with Crippen molar-refractivity contribution in [2.75, 3.05) is 11.9 Å². The Morgan fingerprint density at radius 2 is 1.86 bits per heavy atom. The van der Waals surface area contributed by atoms with E-state index in [1.54, 1.807) is 13.2 Å². The molecule has 0 spiro atoms. The Hall–Kier alpha value is -2.11. The molecular formula is C16H24N4O2. The molecule has 120 valence electrons. The first-order valence-electron chi connectivity index (χ1n) is 7.84. The zero-order valence-electron chi connectivity index (χ0n) is 13.8. The van der Waals surface area contributed by atoms with E-state index in [1.807, 2.05) is 6.92 Å². The zero-order valence-corrected chi connectivity index (χ0v) is 13.8. The molecule has 2 aromatic heterocycles. The molecule has 2 heterocycles. The van der Waals surface area contributed by atoms with E-state index >= 15 is 0 Å². The SMILES string of the molecule is CCCCCNc1c(CC)cnc2c1c(=O)n(C)c(=O)n2C. The number of hydrogen-bond acceptors (Lipinski definition) is 4. The predicted molar refractivity (Wildman–Crippen MR) is 89.6 cm³/mol. The molecule has 0 bridgehead atoms. The lowest BCUT2D eigenvalue weighted by Crippen LogP contribution is -2.37. The van der Waals surface area contributed by atoms with Crippen LogP contribution in [0.15, 0.2) is 15.8 Å². The Morgan fingerprint density at radius 3 is 2.50 bits per heavy atom. The van der Waals surface area contributed by atoms with Crippen molar-refractivity contribution in [3.05, 3.63) is 32.6 Å². The molecule has 0 aliphatic carbocycles. The highest BCUT2D eigenvalue weighted by atomic mass is 16.2. The maximum atomic E-state index is 12.5. The molecule has 0 aliphatic rings. The van der Waals surface area contributed by atoms with Crippen LogP contribution >= 0.6 is 0 Å². The molecule has 0 saturated heterocycles. The van der Waals surface area contributed by atoms with Crippen molar-refractivity contribution in [2.45, 2.75) is 39.5 Å². The van der Waals surface area contributed by atoms with Crippen LogP contribution in [-0.4, -0.2) is 20.7 Å². The lowest BCUT2D eigenvalue weighted by molar-refractivity contribution is 0.706. The van der Waals surface area contributed by atoms with Crippen molar-refractivity contribution in [1.82, 2.24) is 14.1 Å². The first-order chi connectivity index (χ1) is 10.5. The third kappa shape index (κ3) is 2.77. The predicted octanol–water partition coefficient (Wildman–Crippen LogP) is 1.80. The number of aryl methyl sites for hydroxylation is 2. The minimum atomic E-state index is -0.355. The summed E-state index contributed by atoms with van der Waals surface area (Å²) in [5.74, 6) is 0. The van der Waals surface area contributed by atoms with Crippen LogP contribution in [0.1, 0.15) is 38.7 Å². The fourth-order valence-corrected chi connectivity index (χ4v) is 2.63. The second kappa shape index (κ2) is 6.77. The van der Waals surface area contributed by atoms with Gasteiger partial charge in [0.1, 0.15) is 5.39 Å². The summed E-state index contributed by atoms with van der Waals surface area (Å²) >= 11 is 0. The van der Waals surface area contributed by atoms with Gasteiger partial charge in [0.2, 0.25) is 0 Å². The van der Waals surface area contributed by atoms with Crippen LogP contribution in [0.4, 0.5) is 5.69 Å². The average Bonchev–Trinajstić information content (AvgIpc) is 2.54. The van der Waals surface area contributed by atoms with Gasteiger partial charge in [0.25, 0.3) is 5.56 Å². The highest BCUT2D eigenvalue weighted by molar-refractivity contribution is 5.90. The summed E-state index contributed by atoms with van der Waals surface area (Å²) in [6, 6.07) is 0. The summed E-state index contributed by atoms with van der Waals surface area (Å²) < 4.78 is 2.56. The second-order valence-corrected chi connectivity index (χ2v) is 5.55. The Morgan fingerprint density at radius 1 is 1.14 bits per heavy atom. The summed E-state index contributed by atoms with van der Waals surface area (Å²) in [4.78, 5) is 28.9. The maximum absolute atomic E-state index is 12.5. The number of hydrogen-bond donors (Lipinski definition) is 1. The monoisotopic (exact) mass is 304 g/mol. The topological polar surface area (TPSA) is 68.9 Å². The molecule has 22 heavy (non-hydrogen) atoms. The number of unbranched alkanes of at least 4 members (excludes halogenated alkanes) is 2. The van der Waals surface area contributed by atoms with Crippen LogP contribution < -0.4 is 16.6 Å². The Labute approximate surface area is 129 Å². The molecule has 0 fully saturated rings. The number of fused-ring (bicyclic) bond motifs is 1. The molecule has 2 rings (SSSR count). The number of rotatable bonds is 6. The third-order valence-corrected chi connectivity index (χ3v) is 4.01. The largest absolute Gasteiger partial charge is 0.384 e. The lowest BCUT2D eigenvalue weighted by Gasteiger charge is -2.15. The van der Waals surface area contributed by atoms with E-state index in [-0.39, 0.29) is 11.2 Å². The average molecular weight is 304 g/mol. The summed E-state index contributed by atoms with van der Waals surface area (Å²) in [5.41, 5.74) is 1.60. The number of anilines is 1. The van der Waals surface area contributed by atoms with E-state index in [9.17, 15) is 9.59 Å². The molecule has 6 heteroatoms. The quantitative estimate of drug-likeness (QED) is 0.826. The molecule has 2 aromatic rings. The molecule has 0 atom stereocenters. The number of nitrogens with one attached hydrogen (secondary N) is 1. The summed E-state index contributed by atoms with van der Waals surface area (Å²) in [7, 11) is 3.15. The smallest absolute Gasteiger partial charge is 0.332 e. The van der Waals surface area contributed by atoms with Crippen molar-refractivity contribution in [1.29, 1.82) is 0 Å². The van der Waals surface area contributed by atoms with Gasteiger partial charge in [0.05, 0.1) is 5.69 Å². The van der Waals surface area contributed by atoms with E-state index in [4.69, 9.17) is 0 Å². The van der Waals surface area contributed by atoms with E-state index < -0.39 is 0 Å². The van der Waals surface area contributed by atoms with E-state index in [1.165, 1.54) is 11.6 Å². The number of nitrogens with zero attached hydrogens (tertiary/aromatic N) is 3. The van der Waals surface area contributed by atoms with Gasteiger partial charge >= 0.3 is 5.69 Å². The van der Waals surface area contributed by atoms with Crippen molar-refractivity contribution in [2.24, 2.45) is 14.1 Å². The highest BCUT2D eigenvalue weighted by Gasteiger charge is 2.16. The third-order valence-electron chi connectivity index (χ3n) is 4.01. The number of aromatic nitrogens is 3. The number of pyridine rings is 1. The highest BCUT2D eigenvalue weighted by Crippen LogP contribution is 2.23. The van der Waals surface area contributed by atoms with Gasteiger partial charge in [-0.3, -0.25) is 13.9 Å². The van der Waals surface area contributed by atoms with Gasteiger partial charge in [-0.25, -0.2) is 9.78 Å². The van der Waals surface area contributed by atoms with E-state index in [2.05, 4.69) is 17.2 Å². The van der Waals surface area contributed by atoms with Crippen LogP contribution in [-0.2, 0) is 20.5 Å². The van der Waals surface area contributed by atoms with Gasteiger partial charge in [-0.2, -0.15) is 0 Å². The van der Waals surface area contributed by atoms with Crippen molar-refractivity contribution in [3.63, 3.8) is 0 Å². The van der Waals surface area contributed by atoms with Crippen LogP contribution in [0, 0.1) is 0 Å². The molecule has 6 nitrogen and oxygen atoms in total.